The highest BCUT2D eigenvalue weighted by atomic mass is 32.2. The van der Waals surface area contributed by atoms with Gasteiger partial charge >= 0.3 is 0 Å². The number of piperidine rings is 1. The van der Waals surface area contributed by atoms with Crippen LogP contribution in [-0.4, -0.2) is 35.8 Å². The lowest BCUT2D eigenvalue weighted by Gasteiger charge is -2.45. The third kappa shape index (κ3) is 1.69. The van der Waals surface area contributed by atoms with E-state index < -0.39 is 0 Å². The monoisotopic (exact) mass is 286 g/mol. The molecule has 1 aromatic heterocycles. The first-order valence-electron chi connectivity index (χ1n) is 7.56. The quantitative estimate of drug-likeness (QED) is 0.803. The Morgan fingerprint density at radius 2 is 2.20 bits per heavy atom. The van der Waals surface area contributed by atoms with Crippen LogP contribution in [0.5, 0.6) is 0 Å². The molecule has 2 nitrogen and oxygen atoms in total. The van der Waals surface area contributed by atoms with Gasteiger partial charge in [-0.3, -0.25) is 0 Å². The molecule has 0 amide bonds. The van der Waals surface area contributed by atoms with Gasteiger partial charge in [0.2, 0.25) is 0 Å². The number of H-pyrrole nitrogens is 1. The number of hydrogen-bond acceptors (Lipinski definition) is 2. The summed E-state index contributed by atoms with van der Waals surface area (Å²) in [6, 6.07) is 7.51. The number of benzene rings is 1. The molecule has 1 aromatic carbocycles. The number of rotatable bonds is 1. The van der Waals surface area contributed by atoms with Crippen molar-refractivity contribution in [3.05, 3.63) is 29.3 Å². The summed E-state index contributed by atoms with van der Waals surface area (Å²) in [5.74, 6) is 1.52. The van der Waals surface area contributed by atoms with E-state index in [1.54, 1.807) is 11.1 Å². The van der Waals surface area contributed by atoms with Crippen molar-refractivity contribution in [2.24, 2.45) is 5.92 Å². The number of fused-ring (bicyclic) bond motifs is 2. The minimum Gasteiger partial charge on any atom is -0.349 e. The van der Waals surface area contributed by atoms with Gasteiger partial charge in [-0.05, 0) is 49.3 Å². The predicted octanol–water partition coefficient (Wildman–Crippen LogP) is 3.87. The average molecular weight is 286 g/mol. The van der Waals surface area contributed by atoms with E-state index in [-0.39, 0.29) is 0 Å². The Balaban J connectivity index is 1.94. The third-order valence-corrected chi connectivity index (χ3v) is 5.98. The van der Waals surface area contributed by atoms with Gasteiger partial charge in [-0.25, -0.2) is 0 Å². The van der Waals surface area contributed by atoms with Crippen LogP contribution in [0.15, 0.2) is 23.2 Å². The lowest BCUT2D eigenvalue weighted by atomic mass is 9.73. The maximum absolute atomic E-state index is 3.63. The topological polar surface area (TPSA) is 19.0 Å². The van der Waals surface area contributed by atoms with Crippen LogP contribution in [0.4, 0.5) is 0 Å². The maximum Gasteiger partial charge on any atom is 0.0763 e. The van der Waals surface area contributed by atoms with Gasteiger partial charge in [0.1, 0.15) is 0 Å². The number of hydrogen-bond donors (Lipinski definition) is 1. The van der Waals surface area contributed by atoms with E-state index in [1.165, 1.54) is 35.3 Å². The highest BCUT2D eigenvalue weighted by molar-refractivity contribution is 7.98. The van der Waals surface area contributed by atoms with E-state index in [1.807, 2.05) is 11.8 Å². The lowest BCUT2D eigenvalue weighted by molar-refractivity contribution is 0.119. The summed E-state index contributed by atoms with van der Waals surface area (Å²) < 4.78 is 0. The number of thioether (sulfide) groups is 1. The number of nitrogens with one attached hydrogen (secondary N) is 1. The largest absolute Gasteiger partial charge is 0.349 e. The first kappa shape index (κ1) is 12.8. The van der Waals surface area contributed by atoms with Crippen molar-refractivity contribution in [3.63, 3.8) is 0 Å². The summed E-state index contributed by atoms with van der Waals surface area (Å²) in [6.45, 7) is 3.64. The summed E-state index contributed by atoms with van der Waals surface area (Å²) in [7, 11) is 2.31. The molecule has 20 heavy (non-hydrogen) atoms. The highest BCUT2D eigenvalue weighted by Crippen LogP contribution is 2.46. The summed E-state index contributed by atoms with van der Waals surface area (Å²) in [6.07, 6.45) is 4.73. The molecule has 2 heterocycles. The number of likely N-dealkylation sites (tertiary alicyclic amines) is 1. The Hall–Kier alpha value is -0.930. The summed E-state index contributed by atoms with van der Waals surface area (Å²) in [5, 5.41) is 2.90. The van der Waals surface area contributed by atoms with Crippen LogP contribution in [0.25, 0.3) is 10.9 Å². The number of nitrogens with zero attached hydrogens (tertiary/aromatic N) is 1. The molecule has 0 spiro atoms. The Bertz CT molecular complexity index is 660. The van der Waals surface area contributed by atoms with Gasteiger partial charge in [-0.2, -0.15) is 0 Å². The zero-order valence-electron chi connectivity index (χ0n) is 12.4. The Kier molecular flexibility index (Phi) is 2.90. The van der Waals surface area contributed by atoms with Crippen LogP contribution < -0.4 is 0 Å². The van der Waals surface area contributed by atoms with Crippen molar-refractivity contribution in [1.29, 1.82) is 0 Å². The van der Waals surface area contributed by atoms with Crippen molar-refractivity contribution in [3.8, 4) is 0 Å². The molecule has 4 rings (SSSR count). The van der Waals surface area contributed by atoms with Gasteiger partial charge in [0.25, 0.3) is 0 Å². The smallest absolute Gasteiger partial charge is 0.0763 e. The van der Waals surface area contributed by atoms with Crippen LogP contribution >= 0.6 is 11.8 Å². The molecular weight excluding hydrogens is 264 g/mol. The molecule has 1 saturated heterocycles. The molecule has 2 aromatic rings. The van der Waals surface area contributed by atoms with Crippen LogP contribution in [0, 0.1) is 5.92 Å². The lowest BCUT2D eigenvalue weighted by Crippen LogP contribution is -2.47. The van der Waals surface area contributed by atoms with Crippen LogP contribution in [0.2, 0.25) is 0 Å². The van der Waals surface area contributed by atoms with E-state index in [4.69, 9.17) is 0 Å². The van der Waals surface area contributed by atoms with E-state index in [9.17, 15) is 0 Å². The van der Waals surface area contributed by atoms with Crippen molar-refractivity contribution in [2.45, 2.75) is 36.8 Å². The Labute approximate surface area is 124 Å². The molecule has 1 aliphatic carbocycles. The SMILES string of the molecule is CSc1[nH]c2cccc3c2c1C[C@@H]1[C@@H]3CC(C)CN1C. The Morgan fingerprint density at radius 3 is 3.00 bits per heavy atom. The van der Waals surface area contributed by atoms with Crippen molar-refractivity contribution < 1.29 is 0 Å². The molecule has 1 fully saturated rings. The molecule has 1 N–H and O–H groups in total. The normalized spacial score (nSPS) is 29.6. The first-order valence-corrected chi connectivity index (χ1v) is 8.79. The first-order chi connectivity index (χ1) is 9.69. The zero-order chi connectivity index (χ0) is 13.9. The van der Waals surface area contributed by atoms with E-state index in [0.29, 0.717) is 12.0 Å². The molecule has 2 aliphatic rings. The maximum atomic E-state index is 3.63. The standard InChI is InChI=1S/C17H22N2S/c1-10-7-12-11-5-4-6-14-16(11)13(17(18-14)20-3)8-15(12)19(2)9-10/h4-6,10,12,15,18H,7-9H2,1-3H3/t10?,12-,15-/m1/s1. The predicted molar refractivity (Wildman–Crippen MR) is 86.7 cm³/mol. The molecule has 1 unspecified atom stereocenters. The number of aromatic amines is 1. The molecule has 3 atom stereocenters. The highest BCUT2D eigenvalue weighted by Gasteiger charge is 2.38. The second kappa shape index (κ2) is 4.54. The van der Waals surface area contributed by atoms with Gasteiger partial charge in [0.05, 0.1) is 5.03 Å². The van der Waals surface area contributed by atoms with Crippen molar-refractivity contribution in [1.82, 2.24) is 9.88 Å². The van der Waals surface area contributed by atoms with E-state index in [0.717, 1.165) is 5.92 Å². The van der Waals surface area contributed by atoms with Gasteiger partial charge in [-0.1, -0.05) is 19.1 Å². The molecule has 0 saturated carbocycles. The second-order valence-electron chi connectivity index (χ2n) is 6.57. The minimum atomic E-state index is 0.686. The fourth-order valence-electron chi connectivity index (χ4n) is 4.44. The van der Waals surface area contributed by atoms with Gasteiger partial charge in [0, 0.05) is 29.4 Å². The van der Waals surface area contributed by atoms with Gasteiger partial charge in [-0.15, -0.1) is 11.8 Å². The minimum absolute atomic E-state index is 0.686. The second-order valence-corrected chi connectivity index (χ2v) is 7.38. The third-order valence-electron chi connectivity index (χ3n) is 5.22. The summed E-state index contributed by atoms with van der Waals surface area (Å²) in [4.78, 5) is 6.22. The molecule has 3 heteroatoms. The van der Waals surface area contributed by atoms with Crippen molar-refractivity contribution in [2.75, 3.05) is 19.8 Å². The summed E-state index contributed by atoms with van der Waals surface area (Å²) >= 11 is 1.86. The molecule has 106 valence electrons. The van der Waals surface area contributed by atoms with Gasteiger partial charge < -0.3 is 9.88 Å². The average Bonchev–Trinajstić information content (AvgIpc) is 2.80. The molecule has 0 radical (unpaired) electrons. The van der Waals surface area contributed by atoms with E-state index in [2.05, 4.69) is 48.3 Å². The fourth-order valence-corrected chi connectivity index (χ4v) is 5.08. The molecule has 1 aliphatic heterocycles. The Morgan fingerprint density at radius 1 is 1.35 bits per heavy atom. The van der Waals surface area contributed by atoms with Gasteiger partial charge in [0.15, 0.2) is 0 Å². The van der Waals surface area contributed by atoms with Crippen LogP contribution in [-0.2, 0) is 6.42 Å². The summed E-state index contributed by atoms with van der Waals surface area (Å²) in [5.41, 5.74) is 4.48. The van der Waals surface area contributed by atoms with Crippen LogP contribution in [0.1, 0.15) is 30.4 Å². The van der Waals surface area contributed by atoms with Crippen molar-refractivity contribution >= 4 is 22.7 Å². The fraction of sp³-hybridized carbons (Fsp3) is 0.529. The molecule has 0 bridgehead atoms. The van der Waals surface area contributed by atoms with Crippen LogP contribution in [0.3, 0.4) is 0 Å². The molecular formula is C17H22N2S. The van der Waals surface area contributed by atoms with E-state index >= 15 is 0 Å². The number of likely N-dealkylation sites (N-methyl/N-ethyl adjacent to an activating group) is 1. The number of aromatic nitrogens is 1. The zero-order valence-corrected chi connectivity index (χ0v) is 13.3.